The quantitative estimate of drug-likeness (QED) is 0.871. The van der Waals surface area contributed by atoms with E-state index < -0.39 is 12.4 Å². The number of benzene rings is 1. The first-order valence-corrected chi connectivity index (χ1v) is 5.80. The molecule has 0 aromatic heterocycles. The Morgan fingerprint density at radius 2 is 2.11 bits per heavy atom. The average Bonchev–Trinajstić information content (AvgIpc) is 2.30. The molecule has 1 atom stereocenters. The number of hydrogen-bond donors (Lipinski definition) is 2. The second kappa shape index (κ2) is 5.48. The fourth-order valence-corrected chi connectivity index (χ4v) is 1.92. The first kappa shape index (κ1) is 13.7. The Hall–Kier alpha value is -1.76. The van der Waals surface area contributed by atoms with Crippen LogP contribution >= 0.6 is 0 Å². The number of carbonyl (C=O) groups excluding carboxylic acids is 1. The third-order valence-corrected chi connectivity index (χ3v) is 2.70. The SMILES string of the molecule is O=C1NCCN[C@@H]1Cc1cccc(OC(F)(F)F)c1. The third kappa shape index (κ3) is 4.13. The number of halogens is 3. The van der Waals surface area contributed by atoms with Gasteiger partial charge in [0.15, 0.2) is 0 Å². The number of amides is 1. The van der Waals surface area contributed by atoms with Crippen LogP contribution in [0.4, 0.5) is 13.2 Å². The molecule has 1 saturated heterocycles. The minimum atomic E-state index is -4.71. The predicted molar refractivity (Wildman–Crippen MR) is 61.6 cm³/mol. The van der Waals surface area contributed by atoms with Crippen LogP contribution in [-0.2, 0) is 11.2 Å². The normalized spacial score (nSPS) is 19.9. The first-order chi connectivity index (χ1) is 8.94. The summed E-state index contributed by atoms with van der Waals surface area (Å²) in [5.41, 5.74) is 0.608. The molecular weight excluding hydrogens is 261 g/mol. The number of ether oxygens (including phenoxy) is 1. The van der Waals surface area contributed by atoms with E-state index in [0.29, 0.717) is 25.1 Å². The summed E-state index contributed by atoms with van der Waals surface area (Å²) in [6.45, 7) is 1.21. The Bertz CT molecular complexity index is 463. The molecule has 1 amide bonds. The maximum absolute atomic E-state index is 12.1. The summed E-state index contributed by atoms with van der Waals surface area (Å²) in [6, 6.07) is 5.22. The van der Waals surface area contributed by atoms with Crippen molar-refractivity contribution >= 4 is 5.91 Å². The van der Waals surface area contributed by atoms with Crippen LogP contribution in [0.2, 0.25) is 0 Å². The van der Waals surface area contributed by atoms with Gasteiger partial charge in [0.2, 0.25) is 5.91 Å². The molecule has 1 fully saturated rings. The first-order valence-electron chi connectivity index (χ1n) is 5.80. The molecule has 1 aromatic rings. The molecule has 0 unspecified atom stereocenters. The summed E-state index contributed by atoms with van der Waals surface area (Å²) in [7, 11) is 0. The smallest absolute Gasteiger partial charge is 0.406 e. The third-order valence-electron chi connectivity index (χ3n) is 2.70. The highest BCUT2D eigenvalue weighted by Gasteiger charge is 2.31. The highest BCUT2D eigenvalue weighted by atomic mass is 19.4. The van der Waals surface area contributed by atoms with Crippen molar-refractivity contribution < 1.29 is 22.7 Å². The van der Waals surface area contributed by atoms with Crippen molar-refractivity contribution in [2.75, 3.05) is 13.1 Å². The molecule has 2 N–H and O–H groups in total. The molecule has 1 aromatic carbocycles. The standard InChI is InChI=1S/C12H13F3N2O2/c13-12(14,15)19-9-3-1-2-8(6-9)7-10-11(18)17-5-4-16-10/h1-3,6,10,16H,4-5,7H2,(H,17,18)/t10-/m1/s1. The molecule has 0 radical (unpaired) electrons. The van der Waals surface area contributed by atoms with Crippen molar-refractivity contribution in [1.29, 1.82) is 0 Å². The summed E-state index contributed by atoms with van der Waals surface area (Å²) in [4.78, 5) is 11.5. The van der Waals surface area contributed by atoms with Crippen molar-refractivity contribution in [3.8, 4) is 5.75 Å². The number of nitrogens with one attached hydrogen (secondary N) is 2. The maximum Gasteiger partial charge on any atom is 0.573 e. The van der Waals surface area contributed by atoms with Crippen molar-refractivity contribution in [3.05, 3.63) is 29.8 Å². The molecule has 7 heteroatoms. The van der Waals surface area contributed by atoms with Gasteiger partial charge in [0, 0.05) is 13.1 Å². The van der Waals surface area contributed by atoms with Gasteiger partial charge in [-0.2, -0.15) is 0 Å². The van der Waals surface area contributed by atoms with E-state index >= 15 is 0 Å². The molecule has 0 bridgehead atoms. The van der Waals surface area contributed by atoms with Crippen LogP contribution in [0, 0.1) is 0 Å². The van der Waals surface area contributed by atoms with Crippen molar-refractivity contribution in [1.82, 2.24) is 10.6 Å². The average molecular weight is 274 g/mol. The number of carbonyl (C=O) groups is 1. The summed E-state index contributed by atoms with van der Waals surface area (Å²) < 4.78 is 40.1. The van der Waals surface area contributed by atoms with Crippen LogP contribution in [-0.4, -0.2) is 31.4 Å². The fourth-order valence-electron chi connectivity index (χ4n) is 1.92. The second-order valence-electron chi connectivity index (χ2n) is 4.20. The fraction of sp³-hybridized carbons (Fsp3) is 0.417. The van der Waals surface area contributed by atoms with E-state index in [1.165, 1.54) is 18.2 Å². The van der Waals surface area contributed by atoms with Gasteiger partial charge in [-0.1, -0.05) is 12.1 Å². The van der Waals surface area contributed by atoms with E-state index in [9.17, 15) is 18.0 Å². The van der Waals surface area contributed by atoms with E-state index in [0.717, 1.165) is 0 Å². The summed E-state index contributed by atoms with van der Waals surface area (Å²) in [5, 5.41) is 5.70. The molecule has 0 aliphatic carbocycles. The van der Waals surface area contributed by atoms with Crippen molar-refractivity contribution in [2.45, 2.75) is 18.8 Å². The van der Waals surface area contributed by atoms with Crippen molar-refractivity contribution in [2.24, 2.45) is 0 Å². The lowest BCUT2D eigenvalue weighted by Gasteiger charge is -2.23. The topological polar surface area (TPSA) is 50.4 Å². The van der Waals surface area contributed by atoms with E-state index in [2.05, 4.69) is 15.4 Å². The van der Waals surface area contributed by atoms with Gasteiger partial charge in [-0.15, -0.1) is 13.2 Å². The summed E-state index contributed by atoms with van der Waals surface area (Å²) >= 11 is 0. The van der Waals surface area contributed by atoms with Gasteiger partial charge < -0.3 is 15.4 Å². The molecule has 19 heavy (non-hydrogen) atoms. The minimum Gasteiger partial charge on any atom is -0.406 e. The Kier molecular flexibility index (Phi) is 3.94. The van der Waals surface area contributed by atoms with Gasteiger partial charge in [-0.25, -0.2) is 0 Å². The van der Waals surface area contributed by atoms with E-state index in [4.69, 9.17) is 0 Å². The summed E-state index contributed by atoms with van der Waals surface area (Å²) in [5.74, 6) is -0.422. The molecule has 0 spiro atoms. The zero-order chi connectivity index (χ0) is 13.9. The molecule has 104 valence electrons. The molecular formula is C12H13F3N2O2. The maximum atomic E-state index is 12.1. The lowest BCUT2D eigenvalue weighted by molar-refractivity contribution is -0.274. The monoisotopic (exact) mass is 274 g/mol. The lowest BCUT2D eigenvalue weighted by Crippen LogP contribution is -2.53. The van der Waals surface area contributed by atoms with Crippen LogP contribution in [0.25, 0.3) is 0 Å². The largest absolute Gasteiger partial charge is 0.573 e. The number of hydrogen-bond acceptors (Lipinski definition) is 3. The van der Waals surface area contributed by atoms with Gasteiger partial charge in [0.1, 0.15) is 5.75 Å². The number of piperazine rings is 1. The lowest BCUT2D eigenvalue weighted by atomic mass is 10.0. The highest BCUT2D eigenvalue weighted by molar-refractivity contribution is 5.82. The number of alkyl halides is 3. The van der Waals surface area contributed by atoms with Gasteiger partial charge in [0.05, 0.1) is 6.04 Å². The van der Waals surface area contributed by atoms with Crippen LogP contribution in [0.15, 0.2) is 24.3 Å². The van der Waals surface area contributed by atoms with Gasteiger partial charge in [0.25, 0.3) is 0 Å². The summed E-state index contributed by atoms with van der Waals surface area (Å²) in [6.07, 6.45) is -4.39. The Morgan fingerprint density at radius 3 is 2.79 bits per heavy atom. The molecule has 1 aliphatic heterocycles. The zero-order valence-corrected chi connectivity index (χ0v) is 9.96. The highest BCUT2D eigenvalue weighted by Crippen LogP contribution is 2.23. The Labute approximate surface area is 107 Å². The van der Waals surface area contributed by atoms with E-state index in [-0.39, 0.29) is 11.7 Å². The van der Waals surface area contributed by atoms with Crippen LogP contribution in [0.3, 0.4) is 0 Å². The minimum absolute atomic E-state index is 0.145. The Morgan fingerprint density at radius 1 is 1.32 bits per heavy atom. The van der Waals surface area contributed by atoms with Crippen LogP contribution < -0.4 is 15.4 Å². The second-order valence-corrected chi connectivity index (χ2v) is 4.20. The zero-order valence-electron chi connectivity index (χ0n) is 9.96. The molecule has 0 saturated carbocycles. The molecule has 2 rings (SSSR count). The molecule has 1 aliphatic rings. The van der Waals surface area contributed by atoms with Gasteiger partial charge in [-0.3, -0.25) is 4.79 Å². The van der Waals surface area contributed by atoms with Crippen LogP contribution in [0.5, 0.6) is 5.75 Å². The molecule has 1 heterocycles. The van der Waals surface area contributed by atoms with Crippen molar-refractivity contribution in [3.63, 3.8) is 0 Å². The number of rotatable bonds is 3. The van der Waals surface area contributed by atoms with Gasteiger partial charge in [-0.05, 0) is 24.1 Å². The van der Waals surface area contributed by atoms with E-state index in [1.807, 2.05) is 0 Å². The van der Waals surface area contributed by atoms with E-state index in [1.54, 1.807) is 6.07 Å². The van der Waals surface area contributed by atoms with Gasteiger partial charge >= 0.3 is 6.36 Å². The molecule has 4 nitrogen and oxygen atoms in total. The Balaban J connectivity index is 2.04. The van der Waals surface area contributed by atoms with Crippen LogP contribution in [0.1, 0.15) is 5.56 Å². The predicted octanol–water partition coefficient (Wildman–Crippen LogP) is 1.22.